The van der Waals surface area contributed by atoms with Gasteiger partial charge in [0.2, 0.25) is 11.8 Å². The summed E-state index contributed by atoms with van der Waals surface area (Å²) < 4.78 is 5.34. The number of amides is 2. The number of ether oxygens (including phenoxy) is 1. The number of likely N-dealkylation sites (tertiary alicyclic amines) is 1. The van der Waals surface area contributed by atoms with E-state index in [1.165, 1.54) is 16.5 Å². The van der Waals surface area contributed by atoms with Crippen LogP contribution in [-0.4, -0.2) is 79.1 Å². The van der Waals surface area contributed by atoms with E-state index >= 15 is 0 Å². The maximum atomic E-state index is 12.5. The van der Waals surface area contributed by atoms with Crippen molar-refractivity contribution in [3.05, 3.63) is 35.5 Å². The predicted molar refractivity (Wildman–Crippen MR) is 112 cm³/mol. The lowest BCUT2D eigenvalue weighted by molar-refractivity contribution is -0.129. The first kappa shape index (κ1) is 19.9. The van der Waals surface area contributed by atoms with Gasteiger partial charge in [-0.2, -0.15) is 0 Å². The number of nitrogens with zero attached hydrogens (tertiary/aromatic N) is 2. The third-order valence-corrected chi connectivity index (χ3v) is 5.99. The number of fused-ring (bicyclic) bond motifs is 1. The number of aromatic nitrogens is 1. The standard InChI is InChI=1S/C22H30N4O3/c1-16-2-3-20-19(12-16)17(14-24-20)4-6-26-15-18(13-21(26)27)22(28)23-5-7-25-8-10-29-11-9-25/h2-3,12,14,18,24H,4-11,13,15H2,1H3,(H,23,28). The van der Waals surface area contributed by atoms with Crippen molar-refractivity contribution in [3.8, 4) is 0 Å². The maximum absolute atomic E-state index is 12.5. The van der Waals surface area contributed by atoms with Gasteiger partial charge in [-0.25, -0.2) is 0 Å². The number of carbonyl (C=O) groups is 2. The van der Waals surface area contributed by atoms with Crippen molar-refractivity contribution in [2.24, 2.45) is 5.92 Å². The second kappa shape index (κ2) is 8.97. The highest BCUT2D eigenvalue weighted by molar-refractivity contribution is 5.89. The van der Waals surface area contributed by atoms with E-state index in [9.17, 15) is 9.59 Å². The molecule has 1 unspecified atom stereocenters. The normalized spacial score (nSPS) is 20.5. The third kappa shape index (κ3) is 4.79. The van der Waals surface area contributed by atoms with Crippen LogP contribution < -0.4 is 5.32 Å². The van der Waals surface area contributed by atoms with Crippen molar-refractivity contribution in [2.75, 3.05) is 52.5 Å². The molecule has 2 aliphatic heterocycles. The van der Waals surface area contributed by atoms with E-state index in [1.54, 1.807) is 0 Å². The lowest BCUT2D eigenvalue weighted by Gasteiger charge is -2.26. The Morgan fingerprint density at radius 3 is 2.93 bits per heavy atom. The van der Waals surface area contributed by atoms with Gasteiger partial charge in [0, 0.05) is 62.8 Å². The highest BCUT2D eigenvalue weighted by Crippen LogP contribution is 2.22. The molecule has 7 heteroatoms. The van der Waals surface area contributed by atoms with Crippen molar-refractivity contribution in [1.82, 2.24) is 20.1 Å². The minimum Gasteiger partial charge on any atom is -0.379 e. The summed E-state index contributed by atoms with van der Waals surface area (Å²) in [5.74, 6) is -0.163. The zero-order valence-corrected chi connectivity index (χ0v) is 17.1. The van der Waals surface area contributed by atoms with E-state index < -0.39 is 0 Å². The van der Waals surface area contributed by atoms with E-state index in [2.05, 4.69) is 40.3 Å². The van der Waals surface area contributed by atoms with E-state index in [0.717, 1.165) is 44.8 Å². The number of nitrogens with one attached hydrogen (secondary N) is 2. The van der Waals surface area contributed by atoms with Gasteiger partial charge in [-0.05, 0) is 31.0 Å². The van der Waals surface area contributed by atoms with Gasteiger partial charge < -0.3 is 19.9 Å². The highest BCUT2D eigenvalue weighted by atomic mass is 16.5. The molecular formula is C22H30N4O3. The molecular weight excluding hydrogens is 368 g/mol. The van der Waals surface area contributed by atoms with Crippen LogP contribution in [0.15, 0.2) is 24.4 Å². The average molecular weight is 399 g/mol. The van der Waals surface area contributed by atoms with Gasteiger partial charge in [0.25, 0.3) is 0 Å². The highest BCUT2D eigenvalue weighted by Gasteiger charge is 2.33. The van der Waals surface area contributed by atoms with Gasteiger partial charge in [-0.3, -0.25) is 14.5 Å². The molecule has 4 rings (SSSR count). The molecule has 0 bridgehead atoms. The van der Waals surface area contributed by atoms with Gasteiger partial charge in [0.15, 0.2) is 0 Å². The van der Waals surface area contributed by atoms with E-state index in [1.807, 2.05) is 11.1 Å². The minimum atomic E-state index is -0.239. The topological polar surface area (TPSA) is 77.7 Å². The molecule has 0 saturated carbocycles. The van der Waals surface area contributed by atoms with Crippen LogP contribution in [0.2, 0.25) is 0 Å². The molecule has 156 valence electrons. The molecule has 0 radical (unpaired) electrons. The van der Waals surface area contributed by atoms with Gasteiger partial charge in [0.05, 0.1) is 19.1 Å². The van der Waals surface area contributed by atoms with Gasteiger partial charge in [-0.1, -0.05) is 11.6 Å². The summed E-state index contributed by atoms with van der Waals surface area (Å²) in [6, 6.07) is 6.36. The SMILES string of the molecule is Cc1ccc2[nH]cc(CCN3CC(C(=O)NCCN4CCOCC4)CC3=O)c2c1. The van der Waals surface area contributed by atoms with E-state index in [-0.39, 0.29) is 17.7 Å². The monoisotopic (exact) mass is 398 g/mol. The van der Waals surface area contributed by atoms with E-state index in [0.29, 0.717) is 26.1 Å². The minimum absolute atomic E-state index is 0.00294. The zero-order chi connectivity index (χ0) is 20.2. The van der Waals surface area contributed by atoms with Crippen LogP contribution in [0.25, 0.3) is 10.9 Å². The fourth-order valence-corrected chi connectivity index (χ4v) is 4.22. The molecule has 2 aromatic rings. The quantitative estimate of drug-likeness (QED) is 0.737. The first-order chi connectivity index (χ1) is 14.1. The maximum Gasteiger partial charge on any atom is 0.225 e. The lowest BCUT2D eigenvalue weighted by Crippen LogP contribution is -2.42. The summed E-state index contributed by atoms with van der Waals surface area (Å²) in [5.41, 5.74) is 3.56. The molecule has 1 aromatic heterocycles. The van der Waals surface area contributed by atoms with Crippen LogP contribution >= 0.6 is 0 Å². The third-order valence-electron chi connectivity index (χ3n) is 5.99. The number of rotatable bonds is 7. The second-order valence-corrected chi connectivity index (χ2v) is 8.10. The Balaban J connectivity index is 1.25. The summed E-state index contributed by atoms with van der Waals surface area (Å²) in [4.78, 5) is 32.3. The molecule has 0 spiro atoms. The Morgan fingerprint density at radius 2 is 2.10 bits per heavy atom. The van der Waals surface area contributed by atoms with Crippen LogP contribution in [0.4, 0.5) is 0 Å². The average Bonchev–Trinajstić information content (AvgIpc) is 3.30. The Hall–Kier alpha value is -2.38. The number of hydrogen-bond donors (Lipinski definition) is 2. The molecule has 2 N–H and O–H groups in total. The smallest absolute Gasteiger partial charge is 0.225 e. The fourth-order valence-electron chi connectivity index (χ4n) is 4.22. The van der Waals surface area contributed by atoms with Crippen molar-refractivity contribution >= 4 is 22.7 Å². The summed E-state index contributed by atoms with van der Waals surface area (Å²) in [5, 5.41) is 4.22. The van der Waals surface area contributed by atoms with Crippen molar-refractivity contribution in [1.29, 1.82) is 0 Å². The van der Waals surface area contributed by atoms with Crippen molar-refractivity contribution in [2.45, 2.75) is 19.8 Å². The molecule has 29 heavy (non-hydrogen) atoms. The largest absolute Gasteiger partial charge is 0.379 e. The molecule has 1 aromatic carbocycles. The molecule has 2 aliphatic rings. The summed E-state index contributed by atoms with van der Waals surface area (Å²) in [7, 11) is 0. The first-order valence-electron chi connectivity index (χ1n) is 10.5. The van der Waals surface area contributed by atoms with Gasteiger partial charge in [0.1, 0.15) is 0 Å². The molecule has 2 amide bonds. The first-order valence-corrected chi connectivity index (χ1v) is 10.5. The molecule has 3 heterocycles. The van der Waals surface area contributed by atoms with Crippen LogP contribution in [-0.2, 0) is 20.7 Å². The molecule has 7 nitrogen and oxygen atoms in total. The van der Waals surface area contributed by atoms with Crippen LogP contribution in [0.5, 0.6) is 0 Å². The van der Waals surface area contributed by atoms with Crippen LogP contribution in [0.1, 0.15) is 17.5 Å². The lowest BCUT2D eigenvalue weighted by atomic mass is 10.1. The number of H-pyrrole nitrogens is 1. The summed E-state index contributed by atoms with van der Waals surface area (Å²) in [6.07, 6.45) is 3.14. The number of aryl methyl sites for hydroxylation is 1. The molecule has 2 saturated heterocycles. The molecule has 2 fully saturated rings. The molecule has 0 aliphatic carbocycles. The van der Waals surface area contributed by atoms with Crippen molar-refractivity contribution in [3.63, 3.8) is 0 Å². The van der Waals surface area contributed by atoms with Gasteiger partial charge >= 0.3 is 0 Å². The van der Waals surface area contributed by atoms with Crippen LogP contribution in [0, 0.1) is 12.8 Å². The van der Waals surface area contributed by atoms with Gasteiger partial charge in [-0.15, -0.1) is 0 Å². The molecule has 1 atom stereocenters. The Bertz CT molecular complexity index is 872. The predicted octanol–water partition coefficient (Wildman–Crippen LogP) is 1.32. The number of benzene rings is 1. The number of hydrogen-bond acceptors (Lipinski definition) is 4. The summed E-state index contributed by atoms with van der Waals surface area (Å²) >= 11 is 0. The number of morpholine rings is 1. The van der Waals surface area contributed by atoms with Crippen LogP contribution in [0.3, 0.4) is 0 Å². The zero-order valence-electron chi connectivity index (χ0n) is 17.1. The summed E-state index contributed by atoms with van der Waals surface area (Å²) in [6.45, 7) is 8.06. The fraction of sp³-hybridized carbons (Fsp3) is 0.545. The number of aromatic amines is 1. The number of carbonyl (C=O) groups excluding carboxylic acids is 2. The Kier molecular flexibility index (Phi) is 6.16. The Morgan fingerprint density at radius 1 is 1.28 bits per heavy atom. The van der Waals surface area contributed by atoms with E-state index in [4.69, 9.17) is 4.74 Å². The Labute approximate surface area is 171 Å². The van der Waals surface area contributed by atoms with Crippen molar-refractivity contribution < 1.29 is 14.3 Å². The second-order valence-electron chi connectivity index (χ2n) is 8.10.